The second kappa shape index (κ2) is 5.92. The van der Waals surface area contributed by atoms with Gasteiger partial charge in [-0.1, -0.05) is 23.7 Å². The third-order valence-corrected chi connectivity index (χ3v) is 3.21. The molecule has 2 rings (SSSR count). The quantitative estimate of drug-likeness (QED) is 0.850. The summed E-state index contributed by atoms with van der Waals surface area (Å²) in [7, 11) is 0. The van der Waals surface area contributed by atoms with Gasteiger partial charge in [0.1, 0.15) is 5.82 Å². The second-order valence-corrected chi connectivity index (χ2v) is 4.91. The lowest BCUT2D eigenvalue weighted by atomic mass is 10.1. The minimum Gasteiger partial charge on any atom is -0.398 e. The van der Waals surface area contributed by atoms with Gasteiger partial charge in [-0.15, -0.1) is 0 Å². The zero-order valence-electron chi connectivity index (χ0n) is 10.9. The van der Waals surface area contributed by atoms with Gasteiger partial charge in [-0.25, -0.2) is 4.39 Å². The van der Waals surface area contributed by atoms with Crippen LogP contribution in [0, 0.1) is 5.82 Å². The molecule has 1 atom stereocenters. The van der Waals surface area contributed by atoms with E-state index in [0.717, 1.165) is 5.56 Å². The number of amides is 1. The van der Waals surface area contributed by atoms with Crippen LogP contribution in [-0.4, -0.2) is 5.91 Å². The average Bonchev–Trinajstić information content (AvgIpc) is 2.39. The molecule has 0 bridgehead atoms. The Kier molecular flexibility index (Phi) is 4.25. The van der Waals surface area contributed by atoms with E-state index in [1.54, 1.807) is 24.3 Å². The molecule has 0 aliphatic rings. The monoisotopic (exact) mass is 292 g/mol. The normalized spacial score (nSPS) is 11.9. The van der Waals surface area contributed by atoms with Gasteiger partial charge in [0.15, 0.2) is 0 Å². The molecule has 0 spiro atoms. The third kappa shape index (κ3) is 3.27. The molecule has 104 valence electrons. The third-order valence-electron chi connectivity index (χ3n) is 2.98. The van der Waals surface area contributed by atoms with Gasteiger partial charge in [0, 0.05) is 10.7 Å². The van der Waals surface area contributed by atoms with Gasteiger partial charge in [0.25, 0.3) is 5.91 Å². The zero-order valence-corrected chi connectivity index (χ0v) is 11.6. The fourth-order valence-electron chi connectivity index (χ4n) is 1.85. The molecule has 5 heteroatoms. The molecular weight excluding hydrogens is 279 g/mol. The van der Waals surface area contributed by atoms with Crippen molar-refractivity contribution >= 4 is 23.2 Å². The van der Waals surface area contributed by atoms with E-state index in [9.17, 15) is 9.18 Å². The summed E-state index contributed by atoms with van der Waals surface area (Å²) in [5, 5.41) is 3.29. The highest BCUT2D eigenvalue weighted by molar-refractivity contribution is 6.31. The van der Waals surface area contributed by atoms with Crippen molar-refractivity contribution in [2.45, 2.75) is 13.0 Å². The molecule has 1 amide bonds. The first kappa shape index (κ1) is 14.3. The highest BCUT2D eigenvalue weighted by Crippen LogP contribution is 2.19. The van der Waals surface area contributed by atoms with Crippen LogP contribution in [0.15, 0.2) is 42.5 Å². The summed E-state index contributed by atoms with van der Waals surface area (Å²) in [6.45, 7) is 1.82. The Bertz CT molecular complexity index is 628. The number of benzene rings is 2. The molecule has 0 heterocycles. The van der Waals surface area contributed by atoms with Crippen LogP contribution in [0.5, 0.6) is 0 Å². The van der Waals surface area contributed by atoms with E-state index in [0.29, 0.717) is 16.3 Å². The molecule has 3 nitrogen and oxygen atoms in total. The molecule has 2 aromatic carbocycles. The molecule has 20 heavy (non-hydrogen) atoms. The van der Waals surface area contributed by atoms with Crippen LogP contribution in [-0.2, 0) is 0 Å². The van der Waals surface area contributed by atoms with Crippen LogP contribution in [0.1, 0.15) is 28.9 Å². The number of hydrogen-bond acceptors (Lipinski definition) is 2. The van der Waals surface area contributed by atoms with Crippen LogP contribution in [0.3, 0.4) is 0 Å². The zero-order chi connectivity index (χ0) is 14.7. The predicted molar refractivity (Wildman–Crippen MR) is 78.1 cm³/mol. The Morgan fingerprint density at radius 2 is 1.90 bits per heavy atom. The number of carbonyl (C=O) groups excluding carboxylic acids is 1. The lowest BCUT2D eigenvalue weighted by Gasteiger charge is -2.15. The summed E-state index contributed by atoms with van der Waals surface area (Å²) in [5.41, 5.74) is 7.26. The lowest BCUT2D eigenvalue weighted by Crippen LogP contribution is -2.27. The van der Waals surface area contributed by atoms with Gasteiger partial charge in [0.05, 0.1) is 11.6 Å². The van der Waals surface area contributed by atoms with Gasteiger partial charge < -0.3 is 11.1 Å². The maximum absolute atomic E-state index is 12.9. The number of rotatable bonds is 3. The first-order valence-electron chi connectivity index (χ1n) is 6.08. The van der Waals surface area contributed by atoms with E-state index < -0.39 is 0 Å². The summed E-state index contributed by atoms with van der Waals surface area (Å²) in [4.78, 5) is 12.1. The Morgan fingerprint density at radius 3 is 2.50 bits per heavy atom. The van der Waals surface area contributed by atoms with Crippen LogP contribution in [0.25, 0.3) is 0 Å². The van der Waals surface area contributed by atoms with Crippen molar-refractivity contribution in [2.24, 2.45) is 0 Å². The number of nitrogens with one attached hydrogen (secondary N) is 1. The minimum atomic E-state index is -0.311. The van der Waals surface area contributed by atoms with Crippen LogP contribution in [0.4, 0.5) is 10.1 Å². The highest BCUT2D eigenvalue weighted by Gasteiger charge is 2.14. The van der Waals surface area contributed by atoms with E-state index >= 15 is 0 Å². The molecule has 0 saturated carbocycles. The molecule has 0 aliphatic carbocycles. The average molecular weight is 293 g/mol. The fraction of sp³-hybridized carbons (Fsp3) is 0.133. The van der Waals surface area contributed by atoms with E-state index in [1.807, 2.05) is 6.92 Å². The summed E-state index contributed by atoms with van der Waals surface area (Å²) in [6.07, 6.45) is 0. The standard InChI is InChI=1S/C15H14ClFN2O/c1-9(10-2-5-12(17)6-3-10)19-15(20)13-7-4-11(16)8-14(13)18/h2-9H,18H2,1H3,(H,19,20). The molecule has 0 radical (unpaired) electrons. The SMILES string of the molecule is CC(NC(=O)c1ccc(Cl)cc1N)c1ccc(F)cc1. The van der Waals surface area contributed by atoms with E-state index in [1.165, 1.54) is 18.2 Å². The molecule has 3 N–H and O–H groups in total. The number of nitrogen functional groups attached to an aromatic ring is 1. The molecule has 0 saturated heterocycles. The summed E-state index contributed by atoms with van der Waals surface area (Å²) < 4.78 is 12.9. The van der Waals surface area contributed by atoms with Gasteiger partial charge in [-0.3, -0.25) is 4.79 Å². The van der Waals surface area contributed by atoms with E-state index in [4.69, 9.17) is 17.3 Å². The lowest BCUT2D eigenvalue weighted by molar-refractivity contribution is 0.0941. The molecule has 0 aromatic heterocycles. The highest BCUT2D eigenvalue weighted by atomic mass is 35.5. The maximum atomic E-state index is 12.9. The number of carbonyl (C=O) groups is 1. The molecule has 1 unspecified atom stereocenters. The van der Waals surface area contributed by atoms with Crippen molar-refractivity contribution in [1.29, 1.82) is 0 Å². The number of nitrogens with two attached hydrogens (primary N) is 1. The molecule has 0 fully saturated rings. The van der Waals surface area contributed by atoms with Gasteiger partial charge in [-0.2, -0.15) is 0 Å². The van der Waals surface area contributed by atoms with Gasteiger partial charge >= 0.3 is 0 Å². The number of anilines is 1. The minimum absolute atomic E-state index is 0.252. The Hall–Kier alpha value is -2.07. The second-order valence-electron chi connectivity index (χ2n) is 4.48. The van der Waals surface area contributed by atoms with Gasteiger partial charge in [-0.05, 0) is 42.8 Å². The van der Waals surface area contributed by atoms with Crippen LogP contribution < -0.4 is 11.1 Å². The predicted octanol–water partition coefficient (Wildman–Crippen LogP) is 3.55. The Balaban J connectivity index is 2.13. The van der Waals surface area contributed by atoms with Crippen molar-refractivity contribution in [3.63, 3.8) is 0 Å². The smallest absolute Gasteiger partial charge is 0.253 e. The molecular formula is C15H14ClFN2O. The maximum Gasteiger partial charge on any atom is 0.253 e. The van der Waals surface area contributed by atoms with E-state index in [-0.39, 0.29) is 17.8 Å². The van der Waals surface area contributed by atoms with Crippen molar-refractivity contribution in [3.8, 4) is 0 Å². The first-order chi connectivity index (χ1) is 9.47. The summed E-state index contributed by atoms with van der Waals surface area (Å²) in [6, 6.07) is 10.4. The van der Waals surface area contributed by atoms with Crippen molar-refractivity contribution in [1.82, 2.24) is 5.32 Å². The Labute approximate surface area is 121 Å². The molecule has 2 aromatic rings. The fourth-order valence-corrected chi connectivity index (χ4v) is 2.03. The largest absolute Gasteiger partial charge is 0.398 e. The van der Waals surface area contributed by atoms with Crippen molar-refractivity contribution < 1.29 is 9.18 Å². The van der Waals surface area contributed by atoms with Crippen LogP contribution in [0.2, 0.25) is 5.02 Å². The van der Waals surface area contributed by atoms with Gasteiger partial charge in [0.2, 0.25) is 0 Å². The van der Waals surface area contributed by atoms with Crippen molar-refractivity contribution in [3.05, 3.63) is 64.4 Å². The summed E-state index contributed by atoms with van der Waals surface area (Å²) >= 11 is 5.79. The van der Waals surface area contributed by atoms with Crippen LogP contribution >= 0.6 is 11.6 Å². The molecule has 0 aliphatic heterocycles. The summed E-state index contributed by atoms with van der Waals surface area (Å²) in [5.74, 6) is -0.606. The van der Waals surface area contributed by atoms with Crippen molar-refractivity contribution in [2.75, 3.05) is 5.73 Å². The Morgan fingerprint density at radius 1 is 1.25 bits per heavy atom. The topological polar surface area (TPSA) is 55.1 Å². The number of hydrogen-bond donors (Lipinski definition) is 2. The van der Waals surface area contributed by atoms with E-state index in [2.05, 4.69) is 5.32 Å². The number of halogens is 2. The first-order valence-corrected chi connectivity index (χ1v) is 6.46.